The lowest BCUT2D eigenvalue weighted by atomic mass is 10.1. The summed E-state index contributed by atoms with van der Waals surface area (Å²) in [7, 11) is -2.26. The molecule has 0 saturated heterocycles. The summed E-state index contributed by atoms with van der Waals surface area (Å²) in [5, 5.41) is 2.96. The van der Waals surface area contributed by atoms with Crippen LogP contribution in [0.2, 0.25) is 0 Å². The van der Waals surface area contributed by atoms with Crippen LogP contribution in [0.15, 0.2) is 48.5 Å². The van der Waals surface area contributed by atoms with Gasteiger partial charge in [-0.15, -0.1) is 0 Å². The van der Waals surface area contributed by atoms with Gasteiger partial charge in [-0.25, -0.2) is 8.42 Å². The normalized spacial score (nSPS) is 13.0. The standard InChI is InChI=1S/C26H37N3O5S/c1-7-20(4)27-26(31)24(8-2)28(17-21-11-9-19(3)10-12-21)25(30)18-29(35(6,32)33)22-13-15-23(34-5)16-14-22/h9-16,20,24H,7-8,17-18H2,1-6H3,(H,27,31)/t20-,24+/m1/s1. The summed E-state index contributed by atoms with van der Waals surface area (Å²) in [6.45, 7) is 7.45. The number of benzene rings is 2. The highest BCUT2D eigenvalue weighted by Crippen LogP contribution is 2.22. The minimum Gasteiger partial charge on any atom is -0.497 e. The number of methoxy groups -OCH3 is 1. The van der Waals surface area contributed by atoms with Crippen LogP contribution in [0.4, 0.5) is 5.69 Å². The van der Waals surface area contributed by atoms with Crippen LogP contribution in [0.25, 0.3) is 0 Å². The van der Waals surface area contributed by atoms with Crippen LogP contribution >= 0.6 is 0 Å². The monoisotopic (exact) mass is 503 g/mol. The van der Waals surface area contributed by atoms with E-state index in [-0.39, 0.29) is 18.5 Å². The van der Waals surface area contributed by atoms with Crippen molar-refractivity contribution in [2.24, 2.45) is 0 Å². The second-order valence-electron chi connectivity index (χ2n) is 8.72. The van der Waals surface area contributed by atoms with Crippen LogP contribution < -0.4 is 14.4 Å². The zero-order chi connectivity index (χ0) is 26.2. The molecule has 0 heterocycles. The van der Waals surface area contributed by atoms with E-state index in [0.29, 0.717) is 17.9 Å². The molecule has 0 saturated carbocycles. The molecule has 2 amide bonds. The van der Waals surface area contributed by atoms with Gasteiger partial charge in [0.15, 0.2) is 0 Å². The Balaban J connectivity index is 2.42. The number of hydrogen-bond acceptors (Lipinski definition) is 5. The van der Waals surface area contributed by atoms with Gasteiger partial charge in [0.1, 0.15) is 18.3 Å². The Morgan fingerprint density at radius 3 is 2.09 bits per heavy atom. The zero-order valence-electron chi connectivity index (χ0n) is 21.4. The Hall–Kier alpha value is -3.07. The van der Waals surface area contributed by atoms with Crippen molar-refractivity contribution in [3.05, 3.63) is 59.7 Å². The van der Waals surface area contributed by atoms with Crippen LogP contribution in [0.5, 0.6) is 5.75 Å². The first-order valence-corrected chi connectivity index (χ1v) is 13.6. The SMILES string of the molecule is CC[C@@H](C)NC(=O)[C@H](CC)N(Cc1ccc(C)cc1)C(=O)CN(c1ccc(OC)cc1)S(C)(=O)=O. The molecule has 192 valence electrons. The molecule has 35 heavy (non-hydrogen) atoms. The lowest BCUT2D eigenvalue weighted by molar-refractivity contribution is -0.140. The van der Waals surface area contributed by atoms with Crippen molar-refractivity contribution in [1.82, 2.24) is 10.2 Å². The molecular formula is C26H37N3O5S. The third kappa shape index (κ3) is 7.99. The third-order valence-corrected chi connectivity index (χ3v) is 7.04. The minimum absolute atomic E-state index is 0.0419. The molecule has 2 rings (SSSR count). The number of rotatable bonds is 12. The summed E-state index contributed by atoms with van der Waals surface area (Å²) in [5.74, 6) is -0.141. The van der Waals surface area contributed by atoms with Crippen molar-refractivity contribution in [2.45, 2.75) is 59.2 Å². The average Bonchev–Trinajstić information content (AvgIpc) is 2.82. The molecule has 0 aliphatic carbocycles. The summed E-state index contributed by atoms with van der Waals surface area (Å²) >= 11 is 0. The number of ether oxygens (including phenoxy) is 1. The summed E-state index contributed by atoms with van der Waals surface area (Å²) in [6, 6.07) is 13.4. The van der Waals surface area contributed by atoms with Crippen LogP contribution in [0.3, 0.4) is 0 Å². The van der Waals surface area contributed by atoms with Crippen molar-refractivity contribution >= 4 is 27.5 Å². The fourth-order valence-corrected chi connectivity index (χ4v) is 4.46. The molecule has 0 aromatic heterocycles. The van der Waals surface area contributed by atoms with Crippen LogP contribution in [0, 0.1) is 6.92 Å². The van der Waals surface area contributed by atoms with Gasteiger partial charge in [-0.3, -0.25) is 13.9 Å². The van der Waals surface area contributed by atoms with Crippen LogP contribution in [-0.2, 0) is 26.2 Å². The van der Waals surface area contributed by atoms with E-state index in [1.807, 2.05) is 52.0 Å². The Morgan fingerprint density at radius 2 is 1.60 bits per heavy atom. The number of sulfonamides is 1. The van der Waals surface area contributed by atoms with Gasteiger partial charge in [-0.2, -0.15) is 0 Å². The number of aryl methyl sites for hydroxylation is 1. The van der Waals surface area contributed by atoms with E-state index in [1.165, 1.54) is 12.0 Å². The van der Waals surface area contributed by atoms with E-state index in [4.69, 9.17) is 4.74 Å². The van der Waals surface area contributed by atoms with E-state index in [2.05, 4.69) is 5.32 Å². The molecule has 0 fully saturated rings. The van der Waals surface area contributed by atoms with Gasteiger partial charge in [0.2, 0.25) is 21.8 Å². The first kappa shape index (κ1) is 28.2. The Kier molecular flexibility index (Phi) is 10.1. The maximum absolute atomic E-state index is 13.6. The van der Waals surface area contributed by atoms with Gasteiger partial charge in [-0.05, 0) is 56.5 Å². The van der Waals surface area contributed by atoms with Gasteiger partial charge in [0.25, 0.3) is 0 Å². The number of amides is 2. The van der Waals surface area contributed by atoms with E-state index in [9.17, 15) is 18.0 Å². The topological polar surface area (TPSA) is 96.0 Å². The molecule has 0 aliphatic heterocycles. The molecule has 9 heteroatoms. The number of carbonyl (C=O) groups is 2. The van der Waals surface area contributed by atoms with Crippen molar-refractivity contribution in [2.75, 3.05) is 24.2 Å². The largest absolute Gasteiger partial charge is 0.497 e. The highest BCUT2D eigenvalue weighted by Gasteiger charge is 2.32. The van der Waals surface area contributed by atoms with Crippen molar-refractivity contribution in [3.8, 4) is 5.75 Å². The number of nitrogens with one attached hydrogen (secondary N) is 1. The van der Waals surface area contributed by atoms with E-state index in [1.54, 1.807) is 24.3 Å². The van der Waals surface area contributed by atoms with Crippen molar-refractivity contribution < 1.29 is 22.7 Å². The highest BCUT2D eigenvalue weighted by atomic mass is 32.2. The Bertz CT molecular complexity index is 1080. The van der Waals surface area contributed by atoms with Gasteiger partial charge >= 0.3 is 0 Å². The van der Waals surface area contributed by atoms with Crippen molar-refractivity contribution in [1.29, 1.82) is 0 Å². The molecule has 0 unspecified atom stereocenters. The molecule has 0 aliphatic rings. The number of anilines is 1. The summed E-state index contributed by atoms with van der Waals surface area (Å²) in [4.78, 5) is 28.2. The number of hydrogen-bond donors (Lipinski definition) is 1. The second-order valence-corrected chi connectivity index (χ2v) is 10.6. The molecule has 2 aromatic carbocycles. The van der Waals surface area contributed by atoms with E-state index < -0.39 is 28.5 Å². The summed E-state index contributed by atoms with van der Waals surface area (Å²) < 4.78 is 31.5. The summed E-state index contributed by atoms with van der Waals surface area (Å²) in [6.07, 6.45) is 2.20. The fraction of sp³-hybridized carbons (Fsp3) is 0.462. The molecule has 1 N–H and O–H groups in total. The predicted molar refractivity (Wildman–Crippen MR) is 139 cm³/mol. The van der Waals surface area contributed by atoms with Gasteiger partial charge in [-0.1, -0.05) is 43.7 Å². The first-order chi connectivity index (χ1) is 16.5. The molecule has 0 spiro atoms. The smallest absolute Gasteiger partial charge is 0.244 e. The lowest BCUT2D eigenvalue weighted by Crippen LogP contribution is -2.53. The summed E-state index contributed by atoms with van der Waals surface area (Å²) in [5.41, 5.74) is 2.28. The van der Waals surface area contributed by atoms with Gasteiger partial charge < -0.3 is 15.0 Å². The second kappa shape index (κ2) is 12.6. The lowest BCUT2D eigenvalue weighted by Gasteiger charge is -2.33. The van der Waals surface area contributed by atoms with E-state index >= 15 is 0 Å². The minimum atomic E-state index is -3.78. The van der Waals surface area contributed by atoms with Crippen LogP contribution in [-0.4, -0.2) is 57.1 Å². The molecule has 0 radical (unpaired) electrons. The van der Waals surface area contributed by atoms with E-state index in [0.717, 1.165) is 28.1 Å². The molecular weight excluding hydrogens is 466 g/mol. The number of carbonyl (C=O) groups excluding carboxylic acids is 2. The molecule has 2 atom stereocenters. The zero-order valence-corrected chi connectivity index (χ0v) is 22.3. The molecule has 8 nitrogen and oxygen atoms in total. The Morgan fingerprint density at radius 1 is 1.00 bits per heavy atom. The van der Waals surface area contributed by atoms with Gasteiger partial charge in [0.05, 0.1) is 19.1 Å². The van der Waals surface area contributed by atoms with Gasteiger partial charge in [0, 0.05) is 12.6 Å². The first-order valence-electron chi connectivity index (χ1n) is 11.8. The molecule has 0 bridgehead atoms. The Labute approximate surface area is 209 Å². The maximum atomic E-state index is 13.6. The molecule has 2 aromatic rings. The fourth-order valence-electron chi connectivity index (χ4n) is 3.61. The van der Waals surface area contributed by atoms with Crippen LogP contribution in [0.1, 0.15) is 44.7 Å². The third-order valence-electron chi connectivity index (χ3n) is 5.90. The quantitative estimate of drug-likeness (QED) is 0.478. The maximum Gasteiger partial charge on any atom is 0.244 e. The number of nitrogens with zero attached hydrogens (tertiary/aromatic N) is 2. The average molecular weight is 504 g/mol. The predicted octanol–water partition coefficient (Wildman–Crippen LogP) is 3.49. The highest BCUT2D eigenvalue weighted by molar-refractivity contribution is 7.92. The van der Waals surface area contributed by atoms with Crippen molar-refractivity contribution in [3.63, 3.8) is 0 Å².